The van der Waals surface area contributed by atoms with E-state index in [9.17, 15) is 5.11 Å². The van der Waals surface area contributed by atoms with Crippen molar-refractivity contribution in [1.82, 2.24) is 0 Å². The highest BCUT2D eigenvalue weighted by atomic mass is 32.1. The first-order valence-electron chi connectivity index (χ1n) is 5.75. The van der Waals surface area contributed by atoms with Crippen molar-refractivity contribution in [2.75, 3.05) is 0 Å². The van der Waals surface area contributed by atoms with Crippen molar-refractivity contribution in [3.63, 3.8) is 0 Å². The Hall–Kier alpha value is -1.16. The van der Waals surface area contributed by atoms with Crippen molar-refractivity contribution in [2.24, 2.45) is 5.73 Å². The molecule has 3 rings (SSSR count). The Morgan fingerprint density at radius 3 is 2.76 bits per heavy atom. The average Bonchev–Trinajstić information content (AvgIpc) is 2.85. The van der Waals surface area contributed by atoms with E-state index in [1.54, 1.807) is 11.3 Å². The van der Waals surface area contributed by atoms with E-state index in [1.807, 2.05) is 36.4 Å². The second-order valence-electron chi connectivity index (χ2n) is 4.67. The molecule has 0 saturated carbocycles. The van der Waals surface area contributed by atoms with E-state index in [2.05, 4.69) is 6.92 Å². The van der Waals surface area contributed by atoms with Crippen molar-refractivity contribution >= 4 is 11.3 Å². The quantitative estimate of drug-likeness (QED) is 0.811. The molecule has 0 spiro atoms. The lowest BCUT2D eigenvalue weighted by Crippen LogP contribution is -2.23. The zero-order valence-corrected chi connectivity index (χ0v) is 10.5. The van der Waals surface area contributed by atoms with E-state index in [-0.39, 0.29) is 6.04 Å². The number of aliphatic hydroxyl groups is 1. The molecule has 3 N–H and O–H groups in total. The first-order valence-corrected chi connectivity index (χ1v) is 6.57. The van der Waals surface area contributed by atoms with Crippen molar-refractivity contribution in [3.05, 3.63) is 57.3 Å². The summed E-state index contributed by atoms with van der Waals surface area (Å²) >= 11 is 1.64. The minimum atomic E-state index is -0.894. The number of hydrogen-bond donors (Lipinski definition) is 2. The van der Waals surface area contributed by atoms with Crippen LogP contribution in [0.5, 0.6) is 0 Å². The van der Waals surface area contributed by atoms with Crippen LogP contribution in [0.2, 0.25) is 0 Å². The molecule has 1 heterocycles. The summed E-state index contributed by atoms with van der Waals surface area (Å²) in [7, 11) is 0. The number of thiophene rings is 1. The van der Waals surface area contributed by atoms with Crippen LogP contribution < -0.4 is 5.73 Å². The fourth-order valence-corrected chi connectivity index (χ4v) is 3.61. The molecule has 1 aliphatic rings. The third kappa shape index (κ3) is 1.54. The monoisotopic (exact) mass is 245 g/mol. The summed E-state index contributed by atoms with van der Waals surface area (Å²) in [6, 6.07) is 11.9. The molecule has 88 valence electrons. The van der Waals surface area contributed by atoms with Gasteiger partial charge in [-0.1, -0.05) is 24.3 Å². The van der Waals surface area contributed by atoms with Gasteiger partial charge in [-0.15, -0.1) is 11.3 Å². The van der Waals surface area contributed by atoms with Crippen molar-refractivity contribution < 1.29 is 5.11 Å². The maximum atomic E-state index is 10.9. The number of nitrogens with two attached hydrogens (primary N) is 1. The molecule has 17 heavy (non-hydrogen) atoms. The molecule has 2 unspecified atom stereocenters. The smallest absolute Gasteiger partial charge is 0.126 e. The first-order chi connectivity index (χ1) is 8.11. The van der Waals surface area contributed by atoms with Crippen LogP contribution in [-0.2, 0) is 5.60 Å². The normalized spacial score (nSPS) is 27.1. The van der Waals surface area contributed by atoms with Gasteiger partial charge in [-0.05, 0) is 30.2 Å². The van der Waals surface area contributed by atoms with Gasteiger partial charge in [0.15, 0.2) is 0 Å². The van der Waals surface area contributed by atoms with Crippen LogP contribution in [0.4, 0.5) is 0 Å². The molecule has 2 aromatic rings. The molecule has 0 bridgehead atoms. The first kappa shape index (κ1) is 11.0. The Morgan fingerprint density at radius 2 is 2.06 bits per heavy atom. The fourth-order valence-electron chi connectivity index (χ4n) is 2.63. The van der Waals surface area contributed by atoms with Crippen LogP contribution in [-0.4, -0.2) is 5.11 Å². The van der Waals surface area contributed by atoms with Crippen molar-refractivity contribution in [1.29, 1.82) is 0 Å². The summed E-state index contributed by atoms with van der Waals surface area (Å²) in [6.07, 6.45) is 0.576. The van der Waals surface area contributed by atoms with Crippen molar-refractivity contribution in [2.45, 2.75) is 25.0 Å². The van der Waals surface area contributed by atoms with Gasteiger partial charge in [-0.25, -0.2) is 0 Å². The highest BCUT2D eigenvalue weighted by Crippen LogP contribution is 2.47. The number of aryl methyl sites for hydroxylation is 1. The second-order valence-corrected chi connectivity index (χ2v) is 5.96. The lowest BCUT2D eigenvalue weighted by atomic mass is 9.94. The lowest BCUT2D eigenvalue weighted by Gasteiger charge is -2.22. The van der Waals surface area contributed by atoms with E-state index in [1.165, 1.54) is 4.88 Å². The molecule has 3 heteroatoms. The minimum Gasteiger partial charge on any atom is -0.379 e. The average molecular weight is 245 g/mol. The summed E-state index contributed by atoms with van der Waals surface area (Å²) in [4.78, 5) is 2.21. The van der Waals surface area contributed by atoms with Gasteiger partial charge in [0.1, 0.15) is 5.60 Å². The molecular formula is C14H15NOS. The Labute approximate surface area is 105 Å². The van der Waals surface area contributed by atoms with Gasteiger partial charge in [-0.2, -0.15) is 0 Å². The third-order valence-corrected chi connectivity index (χ3v) is 4.62. The maximum Gasteiger partial charge on any atom is 0.126 e. The molecule has 0 aliphatic heterocycles. The van der Waals surface area contributed by atoms with E-state index in [0.717, 1.165) is 16.0 Å². The van der Waals surface area contributed by atoms with Crippen LogP contribution in [0.1, 0.15) is 33.3 Å². The molecule has 1 aromatic heterocycles. The number of rotatable bonds is 1. The van der Waals surface area contributed by atoms with Crippen LogP contribution in [0.15, 0.2) is 36.4 Å². The number of hydrogen-bond acceptors (Lipinski definition) is 3. The van der Waals surface area contributed by atoms with Crippen LogP contribution in [0.3, 0.4) is 0 Å². The van der Waals surface area contributed by atoms with Crippen molar-refractivity contribution in [3.8, 4) is 0 Å². The Bertz CT molecular complexity index is 563. The standard InChI is InChI=1S/C14H15NOS/c1-9-6-7-13(17-9)14(16)8-12(15)10-4-2-3-5-11(10)14/h2-7,12,16H,8,15H2,1H3. The third-order valence-electron chi connectivity index (χ3n) is 3.47. The summed E-state index contributed by atoms with van der Waals surface area (Å²) in [5.74, 6) is 0. The van der Waals surface area contributed by atoms with Gasteiger partial charge in [0.2, 0.25) is 0 Å². The second kappa shape index (κ2) is 3.67. The molecule has 0 fully saturated rings. The maximum absolute atomic E-state index is 10.9. The van der Waals surface area contributed by atoms with Gasteiger partial charge in [0, 0.05) is 22.2 Å². The molecule has 2 nitrogen and oxygen atoms in total. The topological polar surface area (TPSA) is 46.2 Å². The van der Waals surface area contributed by atoms with Gasteiger partial charge in [-0.3, -0.25) is 0 Å². The molecule has 0 radical (unpaired) electrons. The van der Waals surface area contributed by atoms with E-state index in [0.29, 0.717) is 6.42 Å². The predicted molar refractivity (Wildman–Crippen MR) is 70.0 cm³/mol. The zero-order valence-electron chi connectivity index (χ0n) is 9.68. The van der Waals surface area contributed by atoms with E-state index in [4.69, 9.17) is 5.73 Å². The van der Waals surface area contributed by atoms with Crippen LogP contribution in [0, 0.1) is 6.92 Å². The van der Waals surface area contributed by atoms with Gasteiger partial charge in [0.05, 0.1) is 0 Å². The van der Waals surface area contributed by atoms with Gasteiger partial charge >= 0.3 is 0 Å². The van der Waals surface area contributed by atoms with E-state index >= 15 is 0 Å². The molecule has 1 aliphatic carbocycles. The predicted octanol–water partition coefficient (Wildman–Crippen LogP) is 2.70. The minimum absolute atomic E-state index is 0.0707. The molecule has 0 saturated heterocycles. The number of fused-ring (bicyclic) bond motifs is 1. The van der Waals surface area contributed by atoms with Gasteiger partial charge in [0.25, 0.3) is 0 Å². The van der Waals surface area contributed by atoms with Gasteiger partial charge < -0.3 is 10.8 Å². The summed E-state index contributed by atoms with van der Waals surface area (Å²) < 4.78 is 0. The van der Waals surface area contributed by atoms with E-state index < -0.39 is 5.60 Å². The zero-order chi connectivity index (χ0) is 12.0. The summed E-state index contributed by atoms with van der Waals surface area (Å²) in [6.45, 7) is 2.05. The fraction of sp³-hybridized carbons (Fsp3) is 0.286. The van der Waals surface area contributed by atoms with Crippen LogP contribution in [0.25, 0.3) is 0 Å². The molecular weight excluding hydrogens is 230 g/mol. The molecule has 1 aromatic carbocycles. The largest absolute Gasteiger partial charge is 0.379 e. The molecule has 2 atom stereocenters. The SMILES string of the molecule is Cc1ccc(C2(O)CC(N)c3ccccc32)s1. The summed E-state index contributed by atoms with van der Waals surface area (Å²) in [5.41, 5.74) is 7.25. The summed E-state index contributed by atoms with van der Waals surface area (Å²) in [5, 5.41) is 10.9. The van der Waals surface area contributed by atoms with Crippen LogP contribution >= 0.6 is 11.3 Å². The highest BCUT2D eigenvalue weighted by Gasteiger charge is 2.42. The Morgan fingerprint density at radius 1 is 1.29 bits per heavy atom. The molecule has 0 amide bonds. The Balaban J connectivity index is 2.17. The Kier molecular flexibility index (Phi) is 2.36. The highest BCUT2D eigenvalue weighted by molar-refractivity contribution is 7.12. The lowest BCUT2D eigenvalue weighted by molar-refractivity contribution is 0.0814. The number of benzene rings is 1.